The van der Waals surface area contributed by atoms with Gasteiger partial charge < -0.3 is 34.2 Å². The first-order chi connectivity index (χ1) is 28.8. The Hall–Kier alpha value is -3.73. The molecule has 0 radical (unpaired) electrons. The highest BCUT2D eigenvalue weighted by molar-refractivity contribution is 6.03. The number of aliphatic hydroxyl groups excluding tert-OH is 2. The van der Waals surface area contributed by atoms with Gasteiger partial charge in [0.2, 0.25) is 11.7 Å². The minimum Gasteiger partial charge on any atom is -0.487 e. The molecule has 1 aliphatic heterocycles. The number of hydrogen-bond acceptors (Lipinski definition) is 9. The van der Waals surface area contributed by atoms with E-state index in [0.717, 1.165) is 85.4 Å². The van der Waals surface area contributed by atoms with Crippen LogP contribution in [0.3, 0.4) is 0 Å². The van der Waals surface area contributed by atoms with Gasteiger partial charge in [-0.1, -0.05) is 94.5 Å². The maximum absolute atomic E-state index is 14.3. The maximum Gasteiger partial charge on any atom is 0.239 e. The number of aliphatic hydroxyl groups is 2. The van der Waals surface area contributed by atoms with Crippen molar-refractivity contribution in [3.63, 3.8) is 0 Å². The van der Waals surface area contributed by atoms with Gasteiger partial charge in [0, 0.05) is 50.3 Å². The average molecular weight is 816 g/mol. The lowest BCUT2D eigenvalue weighted by Crippen LogP contribution is -2.69. The highest BCUT2D eigenvalue weighted by Crippen LogP contribution is 2.61. The van der Waals surface area contributed by atoms with Crippen LogP contribution in [0.2, 0.25) is 0 Å². The van der Waals surface area contributed by atoms with E-state index in [-0.39, 0.29) is 49.4 Å². The molecule has 1 aromatic heterocycles. The Kier molecular flexibility index (Phi) is 18.8. The Morgan fingerprint density at radius 2 is 1.71 bits per heavy atom. The molecule has 6 atom stereocenters. The number of oxime groups is 1. The van der Waals surface area contributed by atoms with Crippen LogP contribution in [0.25, 0.3) is 0 Å². The van der Waals surface area contributed by atoms with E-state index in [9.17, 15) is 15.0 Å². The van der Waals surface area contributed by atoms with Gasteiger partial charge in [-0.15, -0.1) is 6.58 Å². The second kappa shape index (κ2) is 23.9. The molecule has 0 bridgehead atoms. The normalized spacial score (nSPS) is 23.8. The molecular formula is C49H73N3O7. The van der Waals surface area contributed by atoms with Crippen LogP contribution in [-0.2, 0) is 21.0 Å². The molecule has 1 saturated carbocycles. The number of hydrogen-bond donors (Lipinski definition) is 2. The predicted octanol–water partition coefficient (Wildman–Crippen LogP) is 10.0. The molecular weight excluding hydrogens is 743 g/mol. The molecule has 3 aliphatic rings. The summed E-state index contributed by atoms with van der Waals surface area (Å²) in [6.45, 7) is 11.5. The molecule has 2 aromatic rings. The van der Waals surface area contributed by atoms with E-state index < -0.39 is 11.8 Å². The van der Waals surface area contributed by atoms with Gasteiger partial charge in [-0.25, -0.2) is 0 Å². The zero-order valence-corrected chi connectivity index (χ0v) is 36.5. The smallest absolute Gasteiger partial charge is 0.239 e. The number of unbranched alkanes of at least 4 members (excludes halogenated alkanes) is 10. The summed E-state index contributed by atoms with van der Waals surface area (Å²) in [5.74, 6) is 0.136. The van der Waals surface area contributed by atoms with Crippen molar-refractivity contribution in [3.05, 3.63) is 77.7 Å². The molecule has 10 nitrogen and oxygen atoms in total. The number of ether oxygens (including phenoxy) is 3. The molecule has 326 valence electrons. The van der Waals surface area contributed by atoms with E-state index in [1.807, 2.05) is 56.1 Å². The summed E-state index contributed by atoms with van der Waals surface area (Å²) in [6.07, 6.45) is 20.6. The maximum atomic E-state index is 14.3. The molecule has 59 heavy (non-hydrogen) atoms. The molecule has 2 N–H and O–H groups in total. The largest absolute Gasteiger partial charge is 0.487 e. The summed E-state index contributed by atoms with van der Waals surface area (Å²) in [6, 6.07) is 11.5. The van der Waals surface area contributed by atoms with E-state index in [1.54, 1.807) is 6.08 Å². The number of amides is 1. The van der Waals surface area contributed by atoms with Gasteiger partial charge in [-0.2, -0.15) is 0 Å². The van der Waals surface area contributed by atoms with E-state index in [1.165, 1.54) is 38.5 Å². The lowest BCUT2D eigenvalue weighted by Gasteiger charge is -2.59. The van der Waals surface area contributed by atoms with Gasteiger partial charge in [-0.05, 0) is 93.7 Å². The number of nitrogens with zero attached hydrogens (tertiary/aromatic N) is 3. The van der Waals surface area contributed by atoms with Crippen LogP contribution in [0.5, 0.6) is 11.5 Å². The van der Waals surface area contributed by atoms with Crippen molar-refractivity contribution >= 4 is 11.6 Å². The van der Waals surface area contributed by atoms with Gasteiger partial charge in [0.15, 0.2) is 0 Å². The monoisotopic (exact) mass is 816 g/mol. The minimum atomic E-state index is -1.25. The van der Waals surface area contributed by atoms with Gasteiger partial charge in [0.05, 0.1) is 23.9 Å². The second-order valence-corrected chi connectivity index (χ2v) is 16.8. The van der Waals surface area contributed by atoms with Gasteiger partial charge in [0.1, 0.15) is 30.8 Å². The molecule has 2 heterocycles. The van der Waals surface area contributed by atoms with Crippen LogP contribution in [0.1, 0.15) is 146 Å². The van der Waals surface area contributed by atoms with Gasteiger partial charge in [-0.3, -0.25) is 9.78 Å². The third-order valence-corrected chi connectivity index (χ3v) is 12.6. The summed E-state index contributed by atoms with van der Waals surface area (Å²) >= 11 is 0. The average Bonchev–Trinajstić information content (AvgIpc) is 3.24. The highest BCUT2D eigenvalue weighted by Gasteiger charge is 2.65. The second-order valence-electron chi connectivity index (χ2n) is 16.8. The van der Waals surface area contributed by atoms with Crippen LogP contribution in [0.4, 0.5) is 0 Å². The zero-order chi connectivity index (χ0) is 42.0. The number of allylic oxidation sites excluding steroid dienone is 1. The first-order valence-corrected chi connectivity index (χ1v) is 22.8. The fraction of sp³-hybridized carbons (Fsp3) is 0.653. The van der Waals surface area contributed by atoms with Crippen molar-refractivity contribution in [3.8, 4) is 11.5 Å². The summed E-state index contributed by atoms with van der Waals surface area (Å²) in [7, 11) is 1.90. The molecule has 2 aliphatic carbocycles. The van der Waals surface area contributed by atoms with Crippen molar-refractivity contribution in [2.24, 2.45) is 22.9 Å². The van der Waals surface area contributed by atoms with Gasteiger partial charge in [0.25, 0.3) is 0 Å². The quantitative estimate of drug-likeness (QED) is 0.0519. The van der Waals surface area contributed by atoms with Gasteiger partial charge >= 0.3 is 0 Å². The molecule has 1 amide bonds. The Morgan fingerprint density at radius 3 is 2.41 bits per heavy atom. The molecule has 6 unspecified atom stereocenters. The lowest BCUT2D eigenvalue weighted by molar-refractivity contribution is -0.255. The number of fused-ring (bicyclic) bond motifs is 2. The fourth-order valence-electron chi connectivity index (χ4n) is 9.73. The van der Waals surface area contributed by atoms with Crippen molar-refractivity contribution < 1.29 is 34.1 Å². The molecule has 0 spiro atoms. The Bertz CT molecular complexity index is 1680. The molecule has 0 saturated heterocycles. The summed E-state index contributed by atoms with van der Waals surface area (Å²) in [5.41, 5.74) is 4.68. The van der Waals surface area contributed by atoms with E-state index in [2.05, 4.69) is 30.6 Å². The van der Waals surface area contributed by atoms with Crippen LogP contribution in [-0.4, -0.2) is 77.0 Å². The Balaban J connectivity index is 1.56. The highest BCUT2D eigenvalue weighted by atomic mass is 16.7. The summed E-state index contributed by atoms with van der Waals surface area (Å²) in [5, 5.41) is 24.5. The van der Waals surface area contributed by atoms with Crippen molar-refractivity contribution in [2.45, 2.75) is 154 Å². The molecule has 5 rings (SSSR count). The van der Waals surface area contributed by atoms with E-state index >= 15 is 0 Å². The number of carbonyl (C=O) groups excluding carboxylic acids is 1. The lowest BCUT2D eigenvalue weighted by atomic mass is 9.55. The number of rotatable bonds is 27. The first kappa shape index (κ1) is 46.3. The summed E-state index contributed by atoms with van der Waals surface area (Å²) < 4.78 is 20.8. The number of carbonyl (C=O) groups is 1. The fourth-order valence-corrected chi connectivity index (χ4v) is 9.73. The Morgan fingerprint density at radius 1 is 0.983 bits per heavy atom. The third-order valence-electron chi connectivity index (χ3n) is 12.6. The van der Waals surface area contributed by atoms with Crippen molar-refractivity contribution in [1.29, 1.82) is 0 Å². The summed E-state index contributed by atoms with van der Waals surface area (Å²) in [4.78, 5) is 26.7. The van der Waals surface area contributed by atoms with Crippen molar-refractivity contribution in [1.82, 2.24) is 9.88 Å². The van der Waals surface area contributed by atoms with E-state index in [4.69, 9.17) is 24.2 Å². The van der Waals surface area contributed by atoms with Crippen molar-refractivity contribution in [2.75, 3.05) is 33.5 Å². The van der Waals surface area contributed by atoms with Crippen LogP contribution in [0, 0.1) is 24.7 Å². The molecule has 1 fully saturated rings. The standard InChI is InChI=1S/C49H73N3O7/c1-6-9-10-11-12-13-14-15-16-26-46(55)52(5)45-34-43(51-58-8-3)41-32-37(23-17-19-29-53)40(25-18-20-30-54)47-42-33-39(56-35-38-24-21-22-36(4)50-38)27-28-44(42)59-49(45,48(41)47)57-31-7-2/h7,21-22,24,27-28,32-33,37,40,45,47-48,53-54H,2,6,8-20,23,25-26,29-31,34-35H2,1,3-5H3. The number of likely N-dealkylation sites (N-methyl/N-ethyl adjacent to an activating group) is 1. The SMILES string of the molecule is C=CCOC12Oc3ccc(OCc4cccc(C)n4)cc3C3C(CCCCO)C(CCCCO)C=C(C(=NOCC)CC1N(C)C(=O)CCCCCCCCCCC)C32. The van der Waals surface area contributed by atoms with Crippen LogP contribution >= 0.6 is 0 Å². The van der Waals surface area contributed by atoms with Crippen LogP contribution < -0.4 is 9.47 Å². The predicted molar refractivity (Wildman–Crippen MR) is 235 cm³/mol. The third kappa shape index (κ3) is 12.0. The van der Waals surface area contributed by atoms with E-state index in [0.29, 0.717) is 38.2 Å². The molecule has 1 aromatic carbocycles. The Labute approximate surface area is 354 Å². The molecule has 10 heteroatoms. The number of aryl methyl sites for hydroxylation is 1. The number of benzene rings is 1. The first-order valence-electron chi connectivity index (χ1n) is 22.8. The zero-order valence-electron chi connectivity index (χ0n) is 36.5. The topological polar surface area (TPSA) is 123 Å². The minimum absolute atomic E-state index is 0.0688. The number of aromatic nitrogens is 1. The number of pyridine rings is 1. The van der Waals surface area contributed by atoms with Crippen LogP contribution in [0.15, 0.2) is 65.9 Å².